The van der Waals surface area contributed by atoms with E-state index in [1.165, 1.54) is 19.2 Å². The molecule has 18 heavy (non-hydrogen) atoms. The zero-order valence-corrected chi connectivity index (χ0v) is 10.2. The standard InChI is InChI=1S/C13H16F3NO/c1-18-12-5-4-9(7-11(12)13(14,15)16)10-3-2-6-17-8-10/h4-5,7,10,17H,2-3,6,8H2,1H3. The Morgan fingerprint density at radius 3 is 2.67 bits per heavy atom. The largest absolute Gasteiger partial charge is 0.496 e. The fraction of sp³-hybridized carbons (Fsp3) is 0.538. The molecule has 1 heterocycles. The number of halogens is 3. The highest BCUT2D eigenvalue weighted by molar-refractivity contribution is 5.40. The summed E-state index contributed by atoms with van der Waals surface area (Å²) in [5.41, 5.74) is 0.0448. The van der Waals surface area contributed by atoms with Gasteiger partial charge in [-0.1, -0.05) is 6.07 Å². The minimum Gasteiger partial charge on any atom is -0.496 e. The van der Waals surface area contributed by atoms with Gasteiger partial charge in [-0.25, -0.2) is 0 Å². The van der Waals surface area contributed by atoms with E-state index in [1.54, 1.807) is 6.07 Å². The highest BCUT2D eigenvalue weighted by Crippen LogP contribution is 2.38. The van der Waals surface area contributed by atoms with Crippen LogP contribution in [0.4, 0.5) is 13.2 Å². The van der Waals surface area contributed by atoms with Gasteiger partial charge in [0.05, 0.1) is 12.7 Å². The Morgan fingerprint density at radius 2 is 2.11 bits per heavy atom. The second-order valence-corrected chi connectivity index (χ2v) is 4.50. The number of methoxy groups -OCH3 is 1. The van der Waals surface area contributed by atoms with Gasteiger partial charge >= 0.3 is 6.18 Å². The minimum atomic E-state index is -4.37. The summed E-state index contributed by atoms with van der Waals surface area (Å²) in [6.07, 6.45) is -2.45. The van der Waals surface area contributed by atoms with Gasteiger partial charge in [0.2, 0.25) is 0 Å². The van der Waals surface area contributed by atoms with Gasteiger partial charge in [-0.2, -0.15) is 13.2 Å². The molecule has 1 atom stereocenters. The van der Waals surface area contributed by atoms with Gasteiger partial charge in [0, 0.05) is 6.54 Å². The van der Waals surface area contributed by atoms with Gasteiger partial charge in [0.15, 0.2) is 0 Å². The van der Waals surface area contributed by atoms with Crippen molar-refractivity contribution in [1.29, 1.82) is 0 Å². The number of hydrogen-bond donors (Lipinski definition) is 1. The average Bonchev–Trinajstić information content (AvgIpc) is 2.38. The van der Waals surface area contributed by atoms with Crippen LogP contribution in [-0.2, 0) is 6.18 Å². The molecule has 1 aromatic rings. The number of rotatable bonds is 2. The quantitative estimate of drug-likeness (QED) is 0.880. The summed E-state index contributed by atoms with van der Waals surface area (Å²) < 4.78 is 43.4. The van der Waals surface area contributed by atoms with Crippen molar-refractivity contribution in [2.45, 2.75) is 24.9 Å². The summed E-state index contributed by atoms with van der Waals surface area (Å²) in [6.45, 7) is 1.68. The van der Waals surface area contributed by atoms with E-state index in [-0.39, 0.29) is 11.7 Å². The minimum absolute atomic E-state index is 0.116. The van der Waals surface area contributed by atoms with Gasteiger partial charge in [-0.3, -0.25) is 0 Å². The van der Waals surface area contributed by atoms with Crippen LogP contribution in [-0.4, -0.2) is 20.2 Å². The molecule has 1 fully saturated rings. The van der Waals surface area contributed by atoms with E-state index in [2.05, 4.69) is 5.32 Å². The van der Waals surface area contributed by atoms with E-state index in [0.717, 1.165) is 31.5 Å². The molecule has 1 aliphatic rings. The van der Waals surface area contributed by atoms with Crippen LogP contribution in [0.1, 0.15) is 29.9 Å². The molecule has 1 unspecified atom stereocenters. The molecule has 2 nitrogen and oxygen atoms in total. The first-order chi connectivity index (χ1) is 8.52. The monoisotopic (exact) mass is 259 g/mol. The Hall–Kier alpha value is -1.23. The lowest BCUT2D eigenvalue weighted by Crippen LogP contribution is -2.28. The Bertz CT molecular complexity index is 411. The van der Waals surface area contributed by atoms with E-state index in [0.29, 0.717) is 0 Å². The molecular weight excluding hydrogens is 243 g/mol. The lowest BCUT2D eigenvalue weighted by atomic mass is 9.90. The van der Waals surface area contributed by atoms with Crippen molar-refractivity contribution in [2.24, 2.45) is 0 Å². The summed E-state index contributed by atoms with van der Waals surface area (Å²) in [6, 6.07) is 4.36. The molecule has 1 aliphatic heterocycles. The predicted molar refractivity (Wildman–Crippen MR) is 62.8 cm³/mol. The summed E-state index contributed by atoms with van der Waals surface area (Å²) in [5.74, 6) is 0.0424. The highest BCUT2D eigenvalue weighted by Gasteiger charge is 2.35. The number of alkyl halides is 3. The molecule has 1 saturated heterocycles. The first kappa shape index (κ1) is 13.2. The first-order valence-corrected chi connectivity index (χ1v) is 5.98. The normalized spacial score (nSPS) is 20.8. The van der Waals surface area contributed by atoms with Crippen molar-refractivity contribution in [3.8, 4) is 5.75 Å². The van der Waals surface area contributed by atoms with Crippen molar-refractivity contribution < 1.29 is 17.9 Å². The summed E-state index contributed by atoms with van der Waals surface area (Å²) in [7, 11) is 1.26. The zero-order valence-electron chi connectivity index (χ0n) is 10.2. The van der Waals surface area contributed by atoms with Crippen molar-refractivity contribution in [3.63, 3.8) is 0 Å². The lowest BCUT2D eigenvalue weighted by Gasteiger charge is -2.24. The number of ether oxygens (including phenoxy) is 1. The number of piperidine rings is 1. The van der Waals surface area contributed by atoms with Crippen LogP contribution in [0.5, 0.6) is 5.75 Å². The molecule has 0 aromatic heterocycles. The van der Waals surface area contributed by atoms with Crippen LogP contribution in [0.25, 0.3) is 0 Å². The SMILES string of the molecule is COc1ccc(C2CCCNC2)cc1C(F)(F)F. The molecule has 0 amide bonds. The fourth-order valence-corrected chi connectivity index (χ4v) is 2.34. The van der Waals surface area contributed by atoms with Crippen LogP contribution in [0, 0.1) is 0 Å². The van der Waals surface area contributed by atoms with Crippen LogP contribution < -0.4 is 10.1 Å². The van der Waals surface area contributed by atoms with E-state index >= 15 is 0 Å². The molecule has 1 N–H and O–H groups in total. The van der Waals surface area contributed by atoms with Crippen LogP contribution >= 0.6 is 0 Å². The number of hydrogen-bond acceptors (Lipinski definition) is 2. The maximum atomic E-state index is 12.9. The van der Waals surface area contributed by atoms with Crippen molar-refractivity contribution in [1.82, 2.24) is 5.32 Å². The summed E-state index contributed by atoms with van der Waals surface area (Å²) in [5, 5.41) is 3.21. The van der Waals surface area contributed by atoms with Gasteiger partial charge in [0.25, 0.3) is 0 Å². The van der Waals surface area contributed by atoms with Crippen molar-refractivity contribution in [3.05, 3.63) is 29.3 Å². The van der Waals surface area contributed by atoms with Gasteiger partial charge < -0.3 is 10.1 Å². The highest BCUT2D eigenvalue weighted by atomic mass is 19.4. The van der Waals surface area contributed by atoms with Gasteiger partial charge in [-0.15, -0.1) is 0 Å². The summed E-state index contributed by atoms with van der Waals surface area (Å²) in [4.78, 5) is 0. The topological polar surface area (TPSA) is 21.3 Å². The molecule has 0 radical (unpaired) electrons. The van der Waals surface area contributed by atoms with E-state index in [4.69, 9.17) is 4.74 Å². The molecule has 2 rings (SSSR count). The Labute approximate surface area is 104 Å². The molecular formula is C13H16F3NO. The predicted octanol–water partition coefficient (Wildman–Crippen LogP) is 3.18. The fourth-order valence-electron chi connectivity index (χ4n) is 2.34. The molecule has 0 aliphatic carbocycles. The third-order valence-corrected chi connectivity index (χ3v) is 3.30. The maximum absolute atomic E-state index is 12.9. The third kappa shape index (κ3) is 2.77. The molecule has 0 spiro atoms. The van der Waals surface area contributed by atoms with Crippen LogP contribution in [0.3, 0.4) is 0 Å². The van der Waals surface area contributed by atoms with Crippen molar-refractivity contribution >= 4 is 0 Å². The molecule has 5 heteroatoms. The number of nitrogens with one attached hydrogen (secondary N) is 1. The number of benzene rings is 1. The van der Waals surface area contributed by atoms with E-state index < -0.39 is 11.7 Å². The second-order valence-electron chi connectivity index (χ2n) is 4.50. The van der Waals surface area contributed by atoms with Crippen molar-refractivity contribution in [2.75, 3.05) is 20.2 Å². The smallest absolute Gasteiger partial charge is 0.419 e. The molecule has 1 aromatic carbocycles. The third-order valence-electron chi connectivity index (χ3n) is 3.30. The van der Waals surface area contributed by atoms with Gasteiger partial charge in [0.1, 0.15) is 5.75 Å². The lowest BCUT2D eigenvalue weighted by molar-refractivity contribution is -0.138. The summed E-state index contributed by atoms with van der Waals surface area (Å²) >= 11 is 0. The molecule has 0 bridgehead atoms. The Balaban J connectivity index is 2.33. The van der Waals surface area contributed by atoms with Crippen LogP contribution in [0.2, 0.25) is 0 Å². The maximum Gasteiger partial charge on any atom is 0.419 e. The zero-order chi connectivity index (χ0) is 13.2. The second kappa shape index (κ2) is 5.18. The first-order valence-electron chi connectivity index (χ1n) is 5.98. The van der Waals surface area contributed by atoms with E-state index in [1.807, 2.05) is 0 Å². The van der Waals surface area contributed by atoms with Gasteiger partial charge in [-0.05, 0) is 43.0 Å². The Kier molecular flexibility index (Phi) is 3.80. The Morgan fingerprint density at radius 1 is 1.33 bits per heavy atom. The van der Waals surface area contributed by atoms with E-state index in [9.17, 15) is 13.2 Å². The molecule has 100 valence electrons. The van der Waals surface area contributed by atoms with Crippen LogP contribution in [0.15, 0.2) is 18.2 Å². The average molecular weight is 259 g/mol. The molecule has 0 saturated carbocycles.